The lowest BCUT2D eigenvalue weighted by atomic mass is 10.1. The number of anilines is 2. The van der Waals surface area contributed by atoms with Crippen LogP contribution in [0.5, 0.6) is 0 Å². The zero-order chi connectivity index (χ0) is 24.9. The molecule has 3 aromatic rings. The fraction of sp³-hybridized carbons (Fsp3) is 0.222. The van der Waals surface area contributed by atoms with E-state index in [9.17, 15) is 14.4 Å². The highest BCUT2D eigenvalue weighted by Crippen LogP contribution is 2.24. The molecule has 0 radical (unpaired) electrons. The van der Waals surface area contributed by atoms with E-state index >= 15 is 0 Å². The lowest BCUT2D eigenvalue weighted by Crippen LogP contribution is -2.45. The first-order chi connectivity index (χ1) is 16.9. The summed E-state index contributed by atoms with van der Waals surface area (Å²) in [7, 11) is 1.56. The molecule has 0 spiro atoms. The van der Waals surface area contributed by atoms with E-state index in [0.717, 1.165) is 11.3 Å². The fourth-order valence-corrected chi connectivity index (χ4v) is 4.14. The third kappa shape index (κ3) is 5.26. The highest BCUT2D eigenvalue weighted by Gasteiger charge is 2.40. The van der Waals surface area contributed by atoms with Gasteiger partial charge in [-0.1, -0.05) is 12.0 Å². The molecule has 8 nitrogen and oxygen atoms in total. The first-order valence-electron chi connectivity index (χ1n) is 11.2. The molecule has 1 fully saturated rings. The summed E-state index contributed by atoms with van der Waals surface area (Å²) in [6, 6.07) is 16.1. The second-order valence-corrected chi connectivity index (χ2v) is 8.31. The molecule has 1 saturated heterocycles. The normalized spacial score (nSPS) is 17.0. The van der Waals surface area contributed by atoms with Gasteiger partial charge in [0.1, 0.15) is 6.04 Å². The molecule has 4 rings (SSSR count). The van der Waals surface area contributed by atoms with Crippen molar-refractivity contribution in [3.05, 3.63) is 88.3 Å². The Bertz CT molecular complexity index is 1340. The number of hydrogen-bond donors (Lipinski definition) is 2. The van der Waals surface area contributed by atoms with Gasteiger partial charge >= 0.3 is 6.03 Å². The van der Waals surface area contributed by atoms with Crippen molar-refractivity contribution in [3.8, 4) is 18.0 Å². The molecule has 0 bridgehead atoms. The summed E-state index contributed by atoms with van der Waals surface area (Å²) in [5.74, 6) is 2.22. The van der Waals surface area contributed by atoms with E-state index in [2.05, 4.69) is 16.6 Å². The molecule has 0 aliphatic carbocycles. The molecule has 1 aliphatic rings. The standard InChI is InChI=1S/C27H26N4O4/c1-4-19-8-10-20(11-9-19)29-27(34)31-17-22(35-3)16-24(31)26(33)28-21-12-13-23(18(2)15-21)30-14-6-5-7-25(30)32/h1,5-15,22,24H,16-17H2,2-3H3,(H,28,33)(H,29,34)/t22-,24-/m1/s1. The Kier molecular flexibility index (Phi) is 6.99. The third-order valence-corrected chi connectivity index (χ3v) is 6.01. The van der Waals surface area contributed by atoms with Gasteiger partial charge < -0.3 is 20.3 Å². The van der Waals surface area contributed by atoms with Crippen LogP contribution in [-0.4, -0.2) is 47.2 Å². The van der Waals surface area contributed by atoms with Crippen molar-refractivity contribution >= 4 is 23.3 Å². The van der Waals surface area contributed by atoms with Crippen LogP contribution in [0.4, 0.5) is 16.2 Å². The Hall–Kier alpha value is -4.35. The number of terminal acetylenes is 1. The molecule has 1 aromatic heterocycles. The van der Waals surface area contributed by atoms with Crippen molar-refractivity contribution in [2.24, 2.45) is 0 Å². The average Bonchev–Trinajstić information content (AvgIpc) is 3.30. The van der Waals surface area contributed by atoms with Crippen molar-refractivity contribution in [2.45, 2.75) is 25.5 Å². The second kappa shape index (κ2) is 10.3. The molecule has 2 N–H and O–H groups in total. The summed E-state index contributed by atoms with van der Waals surface area (Å²) < 4.78 is 6.99. The summed E-state index contributed by atoms with van der Waals surface area (Å²) in [4.78, 5) is 39.8. The van der Waals surface area contributed by atoms with E-state index in [1.54, 1.807) is 72.5 Å². The number of rotatable bonds is 5. The maximum Gasteiger partial charge on any atom is 0.322 e. The van der Waals surface area contributed by atoms with Crippen molar-refractivity contribution in [2.75, 3.05) is 24.3 Å². The summed E-state index contributed by atoms with van der Waals surface area (Å²) in [5.41, 5.74) is 3.27. The number of pyridine rings is 1. The molecule has 0 unspecified atom stereocenters. The number of aromatic nitrogens is 1. The maximum atomic E-state index is 13.2. The van der Waals surface area contributed by atoms with E-state index in [4.69, 9.17) is 11.2 Å². The summed E-state index contributed by atoms with van der Waals surface area (Å²) >= 11 is 0. The molecule has 2 aromatic carbocycles. The lowest BCUT2D eigenvalue weighted by Gasteiger charge is -2.24. The number of amides is 3. The molecule has 8 heteroatoms. The highest BCUT2D eigenvalue weighted by atomic mass is 16.5. The summed E-state index contributed by atoms with van der Waals surface area (Å²) in [6.45, 7) is 2.16. The first-order valence-corrected chi connectivity index (χ1v) is 11.2. The number of aryl methyl sites for hydroxylation is 1. The van der Waals surface area contributed by atoms with Crippen molar-refractivity contribution in [1.82, 2.24) is 9.47 Å². The SMILES string of the molecule is C#Cc1ccc(NC(=O)N2C[C@H](OC)C[C@@H]2C(=O)Nc2ccc(-n3ccccc3=O)c(C)c2)cc1. The summed E-state index contributed by atoms with van der Waals surface area (Å²) in [6.07, 6.45) is 7.20. The van der Waals surface area contributed by atoms with Crippen LogP contribution < -0.4 is 16.2 Å². The molecule has 0 saturated carbocycles. The largest absolute Gasteiger partial charge is 0.380 e. The lowest BCUT2D eigenvalue weighted by molar-refractivity contribution is -0.119. The van der Waals surface area contributed by atoms with Gasteiger partial charge in [0.15, 0.2) is 0 Å². The average molecular weight is 471 g/mol. The van der Waals surface area contributed by atoms with Gasteiger partial charge in [0.2, 0.25) is 5.91 Å². The van der Waals surface area contributed by atoms with Crippen molar-refractivity contribution in [3.63, 3.8) is 0 Å². The highest BCUT2D eigenvalue weighted by molar-refractivity contribution is 5.99. The third-order valence-electron chi connectivity index (χ3n) is 6.01. The zero-order valence-corrected chi connectivity index (χ0v) is 19.5. The van der Waals surface area contributed by atoms with E-state index in [-0.39, 0.29) is 24.1 Å². The number of nitrogens with one attached hydrogen (secondary N) is 2. The predicted molar refractivity (Wildman–Crippen MR) is 135 cm³/mol. The van der Waals surface area contributed by atoms with Crippen LogP contribution in [0.15, 0.2) is 71.7 Å². The van der Waals surface area contributed by atoms with E-state index in [1.807, 2.05) is 6.92 Å². The predicted octanol–water partition coefficient (Wildman–Crippen LogP) is 3.39. The fourth-order valence-electron chi connectivity index (χ4n) is 4.14. The van der Waals surface area contributed by atoms with Crippen LogP contribution >= 0.6 is 0 Å². The molecule has 2 atom stereocenters. The van der Waals surface area contributed by atoms with E-state index in [1.165, 1.54) is 11.0 Å². The number of benzene rings is 2. The number of likely N-dealkylation sites (tertiary alicyclic amines) is 1. The zero-order valence-electron chi connectivity index (χ0n) is 19.5. The molecule has 35 heavy (non-hydrogen) atoms. The number of carbonyl (C=O) groups excluding carboxylic acids is 2. The molecule has 178 valence electrons. The minimum absolute atomic E-state index is 0.139. The topological polar surface area (TPSA) is 92.7 Å². The second-order valence-electron chi connectivity index (χ2n) is 8.31. The minimum atomic E-state index is -0.707. The van der Waals surface area contributed by atoms with Crippen LogP contribution in [0.2, 0.25) is 0 Å². The van der Waals surface area contributed by atoms with Crippen molar-refractivity contribution in [1.29, 1.82) is 0 Å². The van der Waals surface area contributed by atoms with Gasteiger partial charge in [-0.05, 0) is 61.0 Å². The van der Waals surface area contributed by atoms with Gasteiger partial charge in [-0.2, -0.15) is 0 Å². The number of methoxy groups -OCH3 is 1. The van der Waals surface area contributed by atoms with Crippen LogP contribution in [0.3, 0.4) is 0 Å². The molecular formula is C27H26N4O4. The molecule has 2 heterocycles. The quantitative estimate of drug-likeness (QED) is 0.559. The molecule has 1 aliphatic heterocycles. The van der Waals surface area contributed by atoms with Gasteiger partial charge in [0.25, 0.3) is 5.56 Å². The minimum Gasteiger partial charge on any atom is -0.380 e. The molecule has 3 amide bonds. The monoisotopic (exact) mass is 470 g/mol. The van der Waals surface area contributed by atoms with Crippen LogP contribution in [0, 0.1) is 19.3 Å². The summed E-state index contributed by atoms with van der Waals surface area (Å²) in [5, 5.41) is 5.72. The van der Waals surface area contributed by atoms with E-state index < -0.39 is 12.1 Å². The van der Waals surface area contributed by atoms with Crippen LogP contribution in [0.1, 0.15) is 17.5 Å². The van der Waals surface area contributed by atoms with Crippen LogP contribution in [0.25, 0.3) is 5.69 Å². The van der Waals surface area contributed by atoms with Gasteiger partial charge in [0, 0.05) is 49.3 Å². The Morgan fingerprint density at radius 1 is 1.06 bits per heavy atom. The number of ether oxygens (including phenoxy) is 1. The first kappa shape index (κ1) is 23.8. The number of carbonyl (C=O) groups is 2. The van der Waals surface area contributed by atoms with Crippen molar-refractivity contribution < 1.29 is 14.3 Å². The Balaban J connectivity index is 1.49. The maximum absolute atomic E-state index is 13.2. The van der Waals surface area contributed by atoms with Gasteiger partial charge in [-0.15, -0.1) is 6.42 Å². The van der Waals surface area contributed by atoms with Gasteiger partial charge in [-0.25, -0.2) is 4.79 Å². The number of urea groups is 1. The Labute approximate surface area is 203 Å². The number of nitrogens with zero attached hydrogens (tertiary/aromatic N) is 2. The van der Waals surface area contributed by atoms with Gasteiger partial charge in [0.05, 0.1) is 11.8 Å². The van der Waals surface area contributed by atoms with Gasteiger partial charge in [-0.3, -0.25) is 14.2 Å². The van der Waals surface area contributed by atoms with E-state index in [0.29, 0.717) is 23.4 Å². The Morgan fingerprint density at radius 2 is 1.80 bits per heavy atom. The Morgan fingerprint density at radius 3 is 2.46 bits per heavy atom. The number of hydrogen-bond acceptors (Lipinski definition) is 4. The molecular weight excluding hydrogens is 444 g/mol. The smallest absolute Gasteiger partial charge is 0.322 e. The van der Waals surface area contributed by atoms with Crippen LogP contribution in [-0.2, 0) is 9.53 Å².